The van der Waals surface area contributed by atoms with E-state index in [0.717, 1.165) is 18.4 Å². The minimum Gasteiger partial charge on any atom is -0.468 e. The molecule has 1 saturated carbocycles. The van der Waals surface area contributed by atoms with Gasteiger partial charge in [0.1, 0.15) is 17.4 Å². The summed E-state index contributed by atoms with van der Waals surface area (Å²) in [5.41, 5.74) is 7.85. The van der Waals surface area contributed by atoms with Gasteiger partial charge < -0.3 is 10.5 Å². The molecule has 1 aliphatic carbocycles. The van der Waals surface area contributed by atoms with E-state index in [2.05, 4.69) is 4.74 Å². The van der Waals surface area contributed by atoms with Crippen LogP contribution in [0.3, 0.4) is 0 Å². The molecule has 0 aliphatic heterocycles. The van der Waals surface area contributed by atoms with Gasteiger partial charge in [0.15, 0.2) is 0 Å². The van der Waals surface area contributed by atoms with Crippen LogP contribution in [0.5, 0.6) is 0 Å². The first-order valence-corrected chi connectivity index (χ1v) is 8.85. The fourth-order valence-electron chi connectivity index (χ4n) is 3.42. The number of carbonyl (C=O) groups is 1. The van der Waals surface area contributed by atoms with Crippen LogP contribution in [-0.4, -0.2) is 28.3 Å². The van der Waals surface area contributed by atoms with Crippen molar-refractivity contribution in [3.63, 3.8) is 0 Å². The van der Waals surface area contributed by atoms with Crippen LogP contribution in [0, 0.1) is 5.82 Å². The fraction of sp³-hybridized carbons (Fsp3) is 0.300. The smallest absolute Gasteiger partial charge is 0.334 e. The zero-order chi connectivity index (χ0) is 19.1. The van der Waals surface area contributed by atoms with Crippen LogP contribution in [-0.2, 0) is 16.0 Å². The lowest BCUT2D eigenvalue weighted by atomic mass is 10.1. The normalized spacial score (nSPS) is 15.1. The Bertz CT molecular complexity index is 1060. The maximum Gasteiger partial charge on any atom is 0.334 e. The van der Waals surface area contributed by atoms with Crippen molar-refractivity contribution in [3.8, 4) is 5.69 Å². The first-order valence-electron chi connectivity index (χ1n) is 8.85. The molecule has 1 heterocycles. The molecule has 27 heavy (non-hydrogen) atoms. The van der Waals surface area contributed by atoms with Crippen LogP contribution >= 0.6 is 0 Å². The summed E-state index contributed by atoms with van der Waals surface area (Å²) in [6, 6.07) is 11.2. The molecule has 1 atom stereocenters. The summed E-state index contributed by atoms with van der Waals surface area (Å²) in [5, 5.41) is 0. The van der Waals surface area contributed by atoms with Gasteiger partial charge in [-0.15, -0.1) is 0 Å². The van der Waals surface area contributed by atoms with E-state index in [1.807, 2.05) is 0 Å². The Morgan fingerprint density at radius 1 is 1.26 bits per heavy atom. The van der Waals surface area contributed by atoms with Crippen molar-refractivity contribution < 1.29 is 13.9 Å². The number of fused-ring (bicyclic) bond motifs is 1. The number of hydrogen-bond donors (Lipinski definition) is 1. The molecule has 2 aromatic carbocycles. The van der Waals surface area contributed by atoms with Crippen LogP contribution in [0.4, 0.5) is 4.39 Å². The van der Waals surface area contributed by atoms with Crippen molar-refractivity contribution in [1.29, 1.82) is 0 Å². The number of benzene rings is 2. The zero-order valence-corrected chi connectivity index (χ0v) is 14.9. The SMILES string of the molecule is COC(=O)C(N)Cc1ccc(-n2c(=O)n(C3CC3)c3cccc(F)c32)cc1. The molecule has 2 N–H and O–H groups in total. The number of nitrogens with two attached hydrogens (primary N) is 1. The van der Waals surface area contributed by atoms with Gasteiger partial charge in [0.2, 0.25) is 0 Å². The average molecular weight is 369 g/mol. The average Bonchev–Trinajstić information content (AvgIpc) is 3.45. The van der Waals surface area contributed by atoms with Crippen LogP contribution in [0.15, 0.2) is 47.3 Å². The second-order valence-electron chi connectivity index (χ2n) is 6.83. The molecule has 1 aromatic heterocycles. The number of nitrogens with zero attached hydrogens (tertiary/aromatic N) is 2. The predicted octanol–water partition coefficient (Wildman–Crippen LogP) is 2.31. The molecule has 6 nitrogen and oxygen atoms in total. The quantitative estimate of drug-likeness (QED) is 0.700. The van der Waals surface area contributed by atoms with Crippen LogP contribution in [0.1, 0.15) is 24.4 Å². The molecule has 0 bridgehead atoms. The molecule has 1 unspecified atom stereocenters. The summed E-state index contributed by atoms with van der Waals surface area (Å²) in [6.45, 7) is 0. The second-order valence-corrected chi connectivity index (χ2v) is 6.83. The van der Waals surface area contributed by atoms with Crippen LogP contribution in [0.25, 0.3) is 16.7 Å². The first-order chi connectivity index (χ1) is 13.0. The molecular formula is C20H20FN3O3. The third-order valence-corrected chi connectivity index (χ3v) is 4.91. The number of imidazole rings is 1. The molecule has 1 aliphatic rings. The Hall–Kier alpha value is -2.93. The Morgan fingerprint density at radius 3 is 2.59 bits per heavy atom. The van der Waals surface area contributed by atoms with E-state index in [1.54, 1.807) is 41.0 Å². The predicted molar refractivity (Wildman–Crippen MR) is 99.5 cm³/mol. The van der Waals surface area contributed by atoms with Crippen molar-refractivity contribution in [3.05, 3.63) is 64.3 Å². The largest absolute Gasteiger partial charge is 0.468 e. The minimum atomic E-state index is -0.752. The number of para-hydroxylation sites is 1. The standard InChI is InChI=1S/C20H20FN3O3/c1-27-19(25)16(22)11-12-5-7-14(8-6-12)24-18-15(21)3-2-4-17(18)23(20(24)26)13-9-10-13/h2-8,13,16H,9-11,22H2,1H3. The monoisotopic (exact) mass is 369 g/mol. The Kier molecular flexibility index (Phi) is 4.31. The fourth-order valence-corrected chi connectivity index (χ4v) is 3.42. The van der Waals surface area contributed by atoms with Crippen molar-refractivity contribution in [1.82, 2.24) is 9.13 Å². The summed E-state index contributed by atoms with van der Waals surface area (Å²) in [6.07, 6.45) is 2.18. The van der Waals surface area contributed by atoms with Crippen molar-refractivity contribution in [2.45, 2.75) is 31.3 Å². The van der Waals surface area contributed by atoms with Crippen LogP contribution < -0.4 is 11.4 Å². The number of hydrogen-bond acceptors (Lipinski definition) is 4. The van der Waals surface area contributed by atoms with Gasteiger partial charge in [-0.25, -0.2) is 9.18 Å². The number of aromatic nitrogens is 2. The Balaban J connectivity index is 1.76. The first kappa shape index (κ1) is 17.5. The van der Waals surface area contributed by atoms with Gasteiger partial charge in [0, 0.05) is 6.04 Å². The third kappa shape index (κ3) is 3.04. The van der Waals surface area contributed by atoms with Crippen molar-refractivity contribution in [2.24, 2.45) is 5.73 Å². The van der Waals surface area contributed by atoms with Gasteiger partial charge in [-0.3, -0.25) is 13.9 Å². The highest BCUT2D eigenvalue weighted by Gasteiger charge is 2.30. The number of carbonyl (C=O) groups excluding carboxylic acids is 1. The number of ether oxygens (including phenoxy) is 1. The van der Waals surface area contributed by atoms with Gasteiger partial charge in [-0.1, -0.05) is 18.2 Å². The summed E-state index contributed by atoms with van der Waals surface area (Å²) < 4.78 is 22.3. The molecule has 0 radical (unpaired) electrons. The maximum absolute atomic E-state index is 14.5. The molecule has 1 fully saturated rings. The van der Waals surface area contributed by atoms with Crippen molar-refractivity contribution in [2.75, 3.05) is 7.11 Å². The molecular weight excluding hydrogens is 349 g/mol. The number of rotatable bonds is 5. The minimum absolute atomic E-state index is 0.139. The number of halogens is 1. The number of esters is 1. The molecule has 7 heteroatoms. The summed E-state index contributed by atoms with van der Waals surface area (Å²) in [5.74, 6) is -0.911. The van der Waals surface area contributed by atoms with E-state index in [-0.39, 0.29) is 17.2 Å². The number of methoxy groups -OCH3 is 1. The van der Waals surface area contributed by atoms with Crippen molar-refractivity contribution >= 4 is 17.0 Å². The van der Waals surface area contributed by atoms with E-state index >= 15 is 0 Å². The van der Waals surface area contributed by atoms with Gasteiger partial charge in [-0.2, -0.15) is 0 Å². The van der Waals surface area contributed by atoms with E-state index < -0.39 is 17.8 Å². The lowest BCUT2D eigenvalue weighted by molar-refractivity contribution is -0.142. The van der Waals surface area contributed by atoms with Gasteiger partial charge >= 0.3 is 11.7 Å². The van der Waals surface area contributed by atoms with Gasteiger partial charge in [0.05, 0.1) is 18.3 Å². The molecule has 3 aromatic rings. The van der Waals surface area contributed by atoms with Gasteiger partial charge in [0.25, 0.3) is 0 Å². The molecule has 140 valence electrons. The highest BCUT2D eigenvalue weighted by molar-refractivity contribution is 5.79. The summed E-state index contributed by atoms with van der Waals surface area (Å²) in [4.78, 5) is 24.5. The Morgan fingerprint density at radius 2 is 1.96 bits per heavy atom. The van der Waals surface area contributed by atoms with Crippen LogP contribution in [0.2, 0.25) is 0 Å². The topological polar surface area (TPSA) is 79.2 Å². The molecule has 0 amide bonds. The molecule has 0 spiro atoms. The lowest BCUT2D eigenvalue weighted by Gasteiger charge is -2.10. The lowest BCUT2D eigenvalue weighted by Crippen LogP contribution is -2.33. The summed E-state index contributed by atoms with van der Waals surface area (Å²) in [7, 11) is 1.29. The van der Waals surface area contributed by atoms with E-state index in [0.29, 0.717) is 17.6 Å². The highest BCUT2D eigenvalue weighted by atomic mass is 19.1. The molecule has 0 saturated heterocycles. The van der Waals surface area contributed by atoms with E-state index in [4.69, 9.17) is 5.73 Å². The zero-order valence-electron chi connectivity index (χ0n) is 14.9. The van der Waals surface area contributed by atoms with E-state index in [9.17, 15) is 14.0 Å². The summed E-state index contributed by atoms with van der Waals surface area (Å²) >= 11 is 0. The molecule has 4 rings (SSSR count). The Labute approximate surface area is 155 Å². The van der Waals surface area contributed by atoms with Gasteiger partial charge in [-0.05, 0) is 49.1 Å². The maximum atomic E-state index is 14.5. The second kappa shape index (κ2) is 6.66. The third-order valence-electron chi connectivity index (χ3n) is 4.91. The highest BCUT2D eigenvalue weighted by Crippen LogP contribution is 2.37. The van der Waals surface area contributed by atoms with E-state index in [1.165, 1.54) is 17.7 Å².